The predicted molar refractivity (Wildman–Crippen MR) is 62.5 cm³/mol. The molecule has 1 saturated heterocycles. The van der Waals surface area contributed by atoms with Crippen molar-refractivity contribution >= 4 is 0 Å². The average molecular weight is 274 g/mol. The molecule has 2 rings (SSSR count). The van der Waals surface area contributed by atoms with Gasteiger partial charge in [-0.05, 0) is 13.8 Å². The van der Waals surface area contributed by atoms with Crippen LogP contribution >= 0.6 is 0 Å². The number of halogens is 1. The van der Waals surface area contributed by atoms with Crippen LogP contribution in [0.25, 0.3) is 0 Å². The molecule has 1 aromatic rings. The van der Waals surface area contributed by atoms with Crippen molar-refractivity contribution in [1.29, 1.82) is 0 Å². The molecule has 0 aliphatic carbocycles. The van der Waals surface area contributed by atoms with Crippen molar-refractivity contribution in [3.8, 4) is 0 Å². The molecule has 2 heterocycles. The van der Waals surface area contributed by atoms with Crippen molar-refractivity contribution in [2.75, 3.05) is 6.61 Å². The largest absolute Gasteiger partial charge is 0.394 e. The summed E-state index contributed by atoms with van der Waals surface area (Å²) >= 11 is 0. The molecule has 1 aliphatic heterocycles. The van der Waals surface area contributed by atoms with Crippen LogP contribution in [0.3, 0.4) is 0 Å². The molecule has 0 amide bonds. The maximum absolute atomic E-state index is 14.7. The second kappa shape index (κ2) is 4.26. The minimum Gasteiger partial charge on any atom is -0.394 e. The van der Waals surface area contributed by atoms with E-state index in [0.717, 1.165) is 23.8 Å². The van der Waals surface area contributed by atoms with E-state index in [9.17, 15) is 19.1 Å². The Balaban J connectivity index is 2.52. The van der Waals surface area contributed by atoms with Crippen LogP contribution in [0.4, 0.5) is 4.39 Å². The zero-order valence-corrected chi connectivity index (χ0v) is 10.5. The first-order chi connectivity index (χ1) is 8.71. The number of ether oxygens (including phenoxy) is 1. The van der Waals surface area contributed by atoms with Gasteiger partial charge in [-0.1, -0.05) is 0 Å². The van der Waals surface area contributed by atoms with Crippen LogP contribution in [0.15, 0.2) is 21.9 Å². The Bertz CT molecular complexity index is 591. The summed E-state index contributed by atoms with van der Waals surface area (Å²) < 4.78 is 20.8. The molecule has 3 N–H and O–H groups in total. The van der Waals surface area contributed by atoms with E-state index in [-0.39, 0.29) is 0 Å². The van der Waals surface area contributed by atoms with Gasteiger partial charge < -0.3 is 14.9 Å². The average Bonchev–Trinajstić information content (AvgIpc) is 2.47. The van der Waals surface area contributed by atoms with Crippen LogP contribution in [0.2, 0.25) is 0 Å². The van der Waals surface area contributed by atoms with Crippen molar-refractivity contribution in [2.45, 2.75) is 37.4 Å². The maximum Gasteiger partial charge on any atom is 0.330 e. The van der Waals surface area contributed by atoms with E-state index in [4.69, 9.17) is 9.84 Å². The van der Waals surface area contributed by atoms with Crippen LogP contribution in [-0.4, -0.2) is 43.7 Å². The Labute approximate surface area is 107 Å². The third-order valence-electron chi connectivity index (χ3n) is 3.64. The van der Waals surface area contributed by atoms with Crippen molar-refractivity contribution < 1.29 is 19.3 Å². The number of rotatable bonds is 2. The summed E-state index contributed by atoms with van der Waals surface area (Å²) in [4.78, 5) is 24.6. The van der Waals surface area contributed by atoms with E-state index < -0.39 is 41.5 Å². The van der Waals surface area contributed by atoms with Crippen molar-refractivity contribution in [2.24, 2.45) is 0 Å². The lowest BCUT2D eigenvalue weighted by Crippen LogP contribution is -2.52. The van der Waals surface area contributed by atoms with Gasteiger partial charge in [0.2, 0.25) is 0 Å². The normalized spacial score (nSPS) is 38.6. The van der Waals surface area contributed by atoms with Crippen molar-refractivity contribution in [3.63, 3.8) is 0 Å². The van der Waals surface area contributed by atoms with Gasteiger partial charge in [0.05, 0.1) is 6.61 Å². The number of nitrogens with one attached hydrogen (secondary N) is 1. The second-order valence-corrected chi connectivity index (χ2v) is 4.90. The third-order valence-corrected chi connectivity index (χ3v) is 3.64. The second-order valence-electron chi connectivity index (χ2n) is 4.90. The van der Waals surface area contributed by atoms with Gasteiger partial charge in [-0.25, -0.2) is 9.18 Å². The monoisotopic (exact) mass is 274 g/mol. The van der Waals surface area contributed by atoms with E-state index in [2.05, 4.69) is 0 Å². The summed E-state index contributed by atoms with van der Waals surface area (Å²) in [5, 5.41) is 19.2. The lowest BCUT2D eigenvalue weighted by atomic mass is 9.85. The summed E-state index contributed by atoms with van der Waals surface area (Å²) in [6.07, 6.45) is -1.53. The van der Waals surface area contributed by atoms with Crippen molar-refractivity contribution in [1.82, 2.24) is 9.55 Å². The Morgan fingerprint density at radius 1 is 1.53 bits per heavy atom. The standard InChI is InChI=1S/C11H15FN2O5/c1-10(12)8(19-6(5-15)11(10,2)18)14-4-3-7(16)13-9(14)17/h3-4,6,8,15,18H,5H2,1-2H3,(H,13,16,17)/t6-,8+,10-,11+/m0/s1. The molecule has 0 aromatic carbocycles. The fraction of sp³-hybridized carbons (Fsp3) is 0.636. The number of nitrogens with zero attached hydrogens (tertiary/aromatic N) is 1. The Kier molecular flexibility index (Phi) is 3.12. The van der Waals surface area contributed by atoms with Gasteiger partial charge in [-0.3, -0.25) is 14.3 Å². The molecule has 106 valence electrons. The smallest absolute Gasteiger partial charge is 0.330 e. The highest BCUT2D eigenvalue weighted by Gasteiger charge is 2.63. The molecule has 1 aliphatic rings. The molecule has 1 aromatic heterocycles. The van der Waals surface area contributed by atoms with Crippen LogP contribution in [0.1, 0.15) is 20.1 Å². The molecule has 8 heteroatoms. The fourth-order valence-electron chi connectivity index (χ4n) is 2.14. The number of hydrogen-bond acceptors (Lipinski definition) is 5. The first-order valence-corrected chi connectivity index (χ1v) is 5.71. The number of aliphatic hydroxyl groups excluding tert-OH is 1. The molecule has 1 fully saturated rings. The zero-order chi connectivity index (χ0) is 14.4. The van der Waals surface area contributed by atoms with Crippen LogP contribution in [0.5, 0.6) is 0 Å². The van der Waals surface area contributed by atoms with Gasteiger partial charge in [0, 0.05) is 12.3 Å². The number of aromatic nitrogens is 2. The van der Waals surface area contributed by atoms with E-state index in [1.54, 1.807) is 0 Å². The van der Waals surface area contributed by atoms with E-state index in [1.165, 1.54) is 6.92 Å². The fourth-order valence-corrected chi connectivity index (χ4v) is 2.14. The lowest BCUT2D eigenvalue weighted by Gasteiger charge is -2.32. The molecule has 0 saturated carbocycles. The zero-order valence-electron chi connectivity index (χ0n) is 10.5. The minimum atomic E-state index is -2.32. The summed E-state index contributed by atoms with van der Waals surface area (Å²) in [5.41, 5.74) is -5.76. The molecular formula is C11H15FN2O5. The molecule has 0 unspecified atom stereocenters. The summed E-state index contributed by atoms with van der Waals surface area (Å²) in [5.74, 6) is 0. The Hall–Kier alpha value is -1.51. The summed E-state index contributed by atoms with van der Waals surface area (Å²) in [7, 11) is 0. The maximum atomic E-state index is 14.7. The topological polar surface area (TPSA) is 105 Å². The minimum absolute atomic E-state index is 0.596. The molecule has 7 nitrogen and oxygen atoms in total. The van der Waals surface area contributed by atoms with Gasteiger partial charge in [0.15, 0.2) is 11.9 Å². The molecule has 0 bridgehead atoms. The highest BCUT2D eigenvalue weighted by molar-refractivity contribution is 5.09. The number of hydrogen-bond donors (Lipinski definition) is 3. The number of H-pyrrole nitrogens is 1. The van der Waals surface area contributed by atoms with Crippen LogP contribution < -0.4 is 11.2 Å². The van der Waals surface area contributed by atoms with Gasteiger partial charge >= 0.3 is 5.69 Å². The Morgan fingerprint density at radius 3 is 2.63 bits per heavy atom. The van der Waals surface area contributed by atoms with E-state index in [0.29, 0.717) is 0 Å². The van der Waals surface area contributed by atoms with Crippen molar-refractivity contribution in [3.05, 3.63) is 33.1 Å². The number of aromatic amines is 1. The number of aliphatic hydroxyl groups is 2. The number of alkyl halides is 1. The van der Waals surface area contributed by atoms with Gasteiger partial charge in [-0.2, -0.15) is 0 Å². The third kappa shape index (κ3) is 1.92. The lowest BCUT2D eigenvalue weighted by molar-refractivity contribution is -0.0892. The highest BCUT2D eigenvalue weighted by Crippen LogP contribution is 2.47. The Morgan fingerprint density at radius 2 is 2.16 bits per heavy atom. The highest BCUT2D eigenvalue weighted by atomic mass is 19.1. The molecular weight excluding hydrogens is 259 g/mol. The molecule has 4 atom stereocenters. The van der Waals surface area contributed by atoms with E-state index in [1.807, 2.05) is 4.98 Å². The van der Waals surface area contributed by atoms with Crippen LogP contribution in [0, 0.1) is 0 Å². The first-order valence-electron chi connectivity index (χ1n) is 5.71. The molecule has 19 heavy (non-hydrogen) atoms. The van der Waals surface area contributed by atoms with Gasteiger partial charge in [0.25, 0.3) is 5.56 Å². The summed E-state index contributed by atoms with van der Waals surface area (Å²) in [6.45, 7) is 1.66. The molecule has 0 spiro atoms. The van der Waals surface area contributed by atoms with E-state index >= 15 is 0 Å². The quantitative estimate of drug-likeness (QED) is 0.635. The SMILES string of the molecule is C[C@]1(F)[C@H](n2ccc(=O)[nH]c2=O)O[C@@H](CO)[C@@]1(C)O. The van der Waals surface area contributed by atoms with Crippen LogP contribution in [-0.2, 0) is 4.74 Å². The first kappa shape index (κ1) is 13.9. The summed E-state index contributed by atoms with van der Waals surface area (Å²) in [6, 6.07) is 1.04. The molecule has 0 radical (unpaired) electrons. The predicted octanol–water partition coefficient (Wildman–Crippen LogP) is -1.09. The van der Waals surface area contributed by atoms with Gasteiger partial charge in [-0.15, -0.1) is 0 Å². The van der Waals surface area contributed by atoms with Gasteiger partial charge in [0.1, 0.15) is 11.7 Å².